The third-order valence-corrected chi connectivity index (χ3v) is 3.06. The Morgan fingerprint density at radius 2 is 1.64 bits per heavy atom. The van der Waals surface area contributed by atoms with Gasteiger partial charge in [-0.2, -0.15) is 0 Å². The number of hydrogen-bond donors (Lipinski definition) is 3. The van der Waals surface area contributed by atoms with E-state index in [1.165, 1.54) is 19.3 Å². The number of urea groups is 1. The van der Waals surface area contributed by atoms with Gasteiger partial charge in [-0.3, -0.25) is 0 Å². The maximum atomic E-state index is 11.5. The monoisotopic (exact) mass is 197 g/mol. The van der Waals surface area contributed by atoms with E-state index in [0.717, 1.165) is 25.9 Å². The SMILES string of the molecule is O=C(NC1CCCCC1)NC1CNC1. The summed E-state index contributed by atoms with van der Waals surface area (Å²) in [5.74, 6) is 0. The van der Waals surface area contributed by atoms with Gasteiger partial charge in [0.05, 0.1) is 6.04 Å². The zero-order chi connectivity index (χ0) is 9.80. The van der Waals surface area contributed by atoms with Gasteiger partial charge in [-0.25, -0.2) is 4.79 Å². The Labute approximate surface area is 84.8 Å². The predicted molar refractivity (Wildman–Crippen MR) is 55.2 cm³/mol. The molecule has 0 unspecified atom stereocenters. The Balaban J connectivity index is 1.64. The van der Waals surface area contributed by atoms with Crippen LogP contribution in [0.1, 0.15) is 32.1 Å². The molecule has 2 fully saturated rings. The van der Waals surface area contributed by atoms with Gasteiger partial charge in [0, 0.05) is 19.1 Å². The van der Waals surface area contributed by atoms with Gasteiger partial charge in [-0.1, -0.05) is 19.3 Å². The molecule has 1 aliphatic carbocycles. The summed E-state index contributed by atoms with van der Waals surface area (Å²) in [4.78, 5) is 11.5. The van der Waals surface area contributed by atoms with Crippen molar-refractivity contribution in [3.63, 3.8) is 0 Å². The molecule has 0 spiro atoms. The largest absolute Gasteiger partial charge is 0.335 e. The summed E-state index contributed by atoms with van der Waals surface area (Å²) in [7, 11) is 0. The van der Waals surface area contributed by atoms with Crippen molar-refractivity contribution in [3.8, 4) is 0 Å². The average Bonchev–Trinajstić information content (AvgIpc) is 2.13. The molecule has 1 heterocycles. The first-order valence-electron chi connectivity index (χ1n) is 5.62. The molecule has 2 rings (SSSR count). The Morgan fingerprint density at radius 1 is 1.00 bits per heavy atom. The highest BCUT2D eigenvalue weighted by atomic mass is 16.2. The van der Waals surface area contributed by atoms with Crippen LogP contribution in [-0.2, 0) is 0 Å². The minimum Gasteiger partial charge on any atom is -0.335 e. The Kier molecular flexibility index (Phi) is 3.24. The molecule has 3 N–H and O–H groups in total. The number of carbonyl (C=O) groups excluding carboxylic acids is 1. The van der Waals surface area contributed by atoms with Crippen LogP contribution >= 0.6 is 0 Å². The van der Waals surface area contributed by atoms with Crippen LogP contribution in [0, 0.1) is 0 Å². The molecule has 4 nitrogen and oxygen atoms in total. The summed E-state index contributed by atoms with van der Waals surface area (Å²) in [5, 5.41) is 9.12. The van der Waals surface area contributed by atoms with Gasteiger partial charge in [0.25, 0.3) is 0 Å². The molecule has 0 bridgehead atoms. The molecule has 0 aromatic carbocycles. The third kappa shape index (κ3) is 2.61. The number of nitrogens with one attached hydrogen (secondary N) is 3. The highest BCUT2D eigenvalue weighted by molar-refractivity contribution is 5.74. The molecular formula is C10H19N3O. The summed E-state index contributed by atoms with van der Waals surface area (Å²) in [5.41, 5.74) is 0. The minimum atomic E-state index is 0.0170. The van der Waals surface area contributed by atoms with Crippen LogP contribution in [0.25, 0.3) is 0 Å². The molecule has 1 saturated heterocycles. The van der Waals surface area contributed by atoms with E-state index in [0.29, 0.717) is 12.1 Å². The zero-order valence-corrected chi connectivity index (χ0v) is 8.51. The second-order valence-electron chi connectivity index (χ2n) is 4.31. The quantitative estimate of drug-likeness (QED) is 0.607. The normalized spacial score (nSPS) is 24.0. The highest BCUT2D eigenvalue weighted by Crippen LogP contribution is 2.17. The first-order valence-corrected chi connectivity index (χ1v) is 5.62. The minimum absolute atomic E-state index is 0.0170. The smallest absolute Gasteiger partial charge is 0.315 e. The van der Waals surface area contributed by atoms with Crippen molar-refractivity contribution in [1.29, 1.82) is 0 Å². The zero-order valence-electron chi connectivity index (χ0n) is 8.51. The van der Waals surface area contributed by atoms with E-state index in [1.54, 1.807) is 0 Å². The molecule has 2 aliphatic rings. The fraction of sp³-hybridized carbons (Fsp3) is 0.900. The van der Waals surface area contributed by atoms with Crippen molar-refractivity contribution < 1.29 is 4.79 Å². The summed E-state index contributed by atoms with van der Waals surface area (Å²) in [6, 6.07) is 0.777. The number of amides is 2. The van der Waals surface area contributed by atoms with Gasteiger partial charge >= 0.3 is 6.03 Å². The lowest BCUT2D eigenvalue weighted by atomic mass is 9.96. The molecule has 4 heteroatoms. The molecule has 0 radical (unpaired) electrons. The fourth-order valence-electron chi connectivity index (χ4n) is 2.05. The summed E-state index contributed by atoms with van der Waals surface area (Å²) < 4.78 is 0. The van der Waals surface area contributed by atoms with E-state index < -0.39 is 0 Å². The standard InChI is InChI=1S/C10H19N3O/c14-10(13-9-6-11-7-9)12-8-4-2-1-3-5-8/h8-9,11H,1-7H2,(H2,12,13,14). The Morgan fingerprint density at radius 3 is 2.21 bits per heavy atom. The molecular weight excluding hydrogens is 178 g/mol. The van der Waals surface area contributed by atoms with Gasteiger partial charge in [-0.15, -0.1) is 0 Å². The maximum absolute atomic E-state index is 11.5. The summed E-state index contributed by atoms with van der Waals surface area (Å²) >= 11 is 0. The van der Waals surface area contributed by atoms with Crippen molar-refractivity contribution in [3.05, 3.63) is 0 Å². The molecule has 2 amide bonds. The van der Waals surface area contributed by atoms with Gasteiger partial charge in [-0.05, 0) is 12.8 Å². The molecule has 1 saturated carbocycles. The molecule has 0 aromatic heterocycles. The topological polar surface area (TPSA) is 53.2 Å². The predicted octanol–water partition coefficient (Wildman–Crippen LogP) is 0.590. The van der Waals surface area contributed by atoms with Gasteiger partial charge in [0.2, 0.25) is 0 Å². The lowest BCUT2D eigenvalue weighted by Gasteiger charge is -2.30. The van der Waals surface area contributed by atoms with E-state index >= 15 is 0 Å². The van der Waals surface area contributed by atoms with Crippen LogP contribution in [0.4, 0.5) is 4.79 Å². The second-order valence-corrected chi connectivity index (χ2v) is 4.31. The lowest BCUT2D eigenvalue weighted by molar-refractivity contribution is 0.223. The van der Waals surface area contributed by atoms with E-state index in [4.69, 9.17) is 0 Å². The average molecular weight is 197 g/mol. The van der Waals surface area contributed by atoms with Gasteiger partial charge in [0.15, 0.2) is 0 Å². The first-order chi connectivity index (χ1) is 6.84. The fourth-order valence-corrected chi connectivity index (χ4v) is 2.05. The number of carbonyl (C=O) groups is 1. The molecule has 0 aromatic rings. The van der Waals surface area contributed by atoms with Crippen molar-refractivity contribution >= 4 is 6.03 Å². The van der Waals surface area contributed by atoms with Crippen LogP contribution in [0.15, 0.2) is 0 Å². The van der Waals surface area contributed by atoms with Crippen LogP contribution in [-0.4, -0.2) is 31.2 Å². The van der Waals surface area contributed by atoms with Crippen LogP contribution in [0.3, 0.4) is 0 Å². The van der Waals surface area contributed by atoms with Gasteiger partial charge in [0.1, 0.15) is 0 Å². The lowest BCUT2D eigenvalue weighted by Crippen LogP contribution is -2.59. The second kappa shape index (κ2) is 4.64. The van der Waals surface area contributed by atoms with Crippen molar-refractivity contribution in [2.75, 3.05) is 13.1 Å². The van der Waals surface area contributed by atoms with Gasteiger partial charge < -0.3 is 16.0 Å². The van der Waals surface area contributed by atoms with Crippen LogP contribution in [0.2, 0.25) is 0 Å². The maximum Gasteiger partial charge on any atom is 0.315 e. The van der Waals surface area contributed by atoms with Crippen molar-refractivity contribution in [2.45, 2.75) is 44.2 Å². The van der Waals surface area contributed by atoms with E-state index in [-0.39, 0.29) is 6.03 Å². The molecule has 80 valence electrons. The number of rotatable bonds is 2. The Bertz CT molecular complexity index is 198. The van der Waals surface area contributed by atoms with Crippen LogP contribution < -0.4 is 16.0 Å². The van der Waals surface area contributed by atoms with Crippen molar-refractivity contribution in [2.24, 2.45) is 0 Å². The summed E-state index contributed by atoms with van der Waals surface area (Å²) in [6.07, 6.45) is 6.14. The van der Waals surface area contributed by atoms with Crippen LogP contribution in [0.5, 0.6) is 0 Å². The molecule has 14 heavy (non-hydrogen) atoms. The molecule has 1 aliphatic heterocycles. The van der Waals surface area contributed by atoms with E-state index in [1.807, 2.05) is 0 Å². The van der Waals surface area contributed by atoms with E-state index in [9.17, 15) is 4.79 Å². The summed E-state index contributed by atoms with van der Waals surface area (Å²) in [6.45, 7) is 1.83. The Hall–Kier alpha value is -0.770. The number of hydrogen-bond acceptors (Lipinski definition) is 2. The highest BCUT2D eigenvalue weighted by Gasteiger charge is 2.21. The third-order valence-electron chi connectivity index (χ3n) is 3.06. The van der Waals surface area contributed by atoms with Crippen molar-refractivity contribution in [1.82, 2.24) is 16.0 Å². The first kappa shape index (κ1) is 9.77. The van der Waals surface area contributed by atoms with E-state index in [2.05, 4.69) is 16.0 Å². The molecule has 0 atom stereocenters.